The summed E-state index contributed by atoms with van der Waals surface area (Å²) in [5, 5.41) is 3.32. The fourth-order valence-electron chi connectivity index (χ4n) is 4.24. The third-order valence-electron chi connectivity index (χ3n) is 5.57. The van der Waals surface area contributed by atoms with Crippen molar-refractivity contribution in [3.05, 3.63) is 59.1 Å². The minimum atomic E-state index is -3.70. The summed E-state index contributed by atoms with van der Waals surface area (Å²) in [6.07, 6.45) is 4.71. The smallest absolute Gasteiger partial charge is 0.261 e. The third kappa shape index (κ3) is 3.82. The number of halogens is 1. The average Bonchev–Trinajstić information content (AvgIpc) is 3.25. The van der Waals surface area contributed by atoms with Gasteiger partial charge in [-0.2, -0.15) is 0 Å². The van der Waals surface area contributed by atoms with Crippen molar-refractivity contribution >= 4 is 33.2 Å². The molecular formula is C20H21ClN2O3S. The molecule has 1 amide bonds. The lowest BCUT2D eigenvalue weighted by molar-refractivity contribution is 0.0923. The fraction of sp³-hybridized carbons (Fsp3) is 0.350. The number of fused-ring (bicyclic) bond motifs is 2. The van der Waals surface area contributed by atoms with E-state index >= 15 is 0 Å². The molecule has 0 heterocycles. The van der Waals surface area contributed by atoms with Crippen LogP contribution in [0.3, 0.4) is 0 Å². The van der Waals surface area contributed by atoms with Crippen LogP contribution in [-0.4, -0.2) is 20.4 Å². The second kappa shape index (κ2) is 7.17. The van der Waals surface area contributed by atoms with Crippen LogP contribution in [0, 0.1) is 11.8 Å². The van der Waals surface area contributed by atoms with Crippen molar-refractivity contribution in [3.63, 3.8) is 0 Å². The van der Waals surface area contributed by atoms with Gasteiger partial charge in [-0.1, -0.05) is 36.2 Å². The van der Waals surface area contributed by atoms with E-state index in [-0.39, 0.29) is 21.9 Å². The van der Waals surface area contributed by atoms with E-state index < -0.39 is 10.0 Å². The van der Waals surface area contributed by atoms with Gasteiger partial charge in [0.1, 0.15) is 0 Å². The van der Waals surface area contributed by atoms with Crippen molar-refractivity contribution < 1.29 is 13.2 Å². The zero-order valence-electron chi connectivity index (χ0n) is 14.7. The summed E-state index contributed by atoms with van der Waals surface area (Å²) in [6, 6.07) is 12.9. The lowest BCUT2D eigenvalue weighted by atomic mass is 9.95. The van der Waals surface area contributed by atoms with Crippen molar-refractivity contribution in [2.75, 3.05) is 4.72 Å². The zero-order chi connectivity index (χ0) is 19.0. The minimum Gasteiger partial charge on any atom is -0.349 e. The van der Waals surface area contributed by atoms with E-state index in [1.807, 2.05) is 0 Å². The van der Waals surface area contributed by atoms with Crippen LogP contribution < -0.4 is 10.0 Å². The van der Waals surface area contributed by atoms with Gasteiger partial charge in [0, 0.05) is 6.04 Å². The molecule has 0 spiro atoms. The molecule has 2 aliphatic rings. The first-order chi connectivity index (χ1) is 12.9. The van der Waals surface area contributed by atoms with Gasteiger partial charge >= 0.3 is 0 Å². The van der Waals surface area contributed by atoms with Crippen LogP contribution in [0.15, 0.2) is 53.4 Å². The quantitative estimate of drug-likeness (QED) is 0.789. The molecule has 2 aromatic carbocycles. The van der Waals surface area contributed by atoms with Crippen LogP contribution in [0.5, 0.6) is 0 Å². The fourth-order valence-corrected chi connectivity index (χ4v) is 5.58. The highest BCUT2D eigenvalue weighted by atomic mass is 35.5. The van der Waals surface area contributed by atoms with Gasteiger partial charge in [0.05, 0.1) is 21.2 Å². The monoisotopic (exact) mass is 404 g/mol. The Morgan fingerprint density at radius 1 is 1.04 bits per heavy atom. The summed E-state index contributed by atoms with van der Waals surface area (Å²) in [6.45, 7) is 0. The van der Waals surface area contributed by atoms with Crippen LogP contribution in [0.25, 0.3) is 0 Å². The maximum atomic E-state index is 12.6. The largest absolute Gasteiger partial charge is 0.349 e. The van der Waals surface area contributed by atoms with Gasteiger partial charge in [-0.3, -0.25) is 9.52 Å². The first-order valence-corrected chi connectivity index (χ1v) is 11.0. The molecule has 0 aromatic heterocycles. The van der Waals surface area contributed by atoms with Crippen molar-refractivity contribution in [3.8, 4) is 0 Å². The molecule has 0 radical (unpaired) electrons. The first kappa shape index (κ1) is 18.3. The van der Waals surface area contributed by atoms with Crippen LogP contribution in [0.1, 0.15) is 36.0 Å². The molecule has 5 nitrogen and oxygen atoms in total. The van der Waals surface area contributed by atoms with Crippen LogP contribution in [-0.2, 0) is 10.0 Å². The number of hydrogen-bond acceptors (Lipinski definition) is 3. The highest BCUT2D eigenvalue weighted by Crippen LogP contribution is 2.44. The Balaban J connectivity index is 1.47. The summed E-state index contributed by atoms with van der Waals surface area (Å²) in [5.41, 5.74) is 0.683. The van der Waals surface area contributed by atoms with Gasteiger partial charge in [0.2, 0.25) is 0 Å². The zero-order valence-corrected chi connectivity index (χ0v) is 16.3. The number of amides is 1. The Kier molecular flexibility index (Phi) is 4.86. The lowest BCUT2D eigenvalue weighted by Gasteiger charge is -2.23. The molecule has 2 fully saturated rings. The molecule has 7 heteroatoms. The Morgan fingerprint density at radius 3 is 2.44 bits per heavy atom. The van der Waals surface area contributed by atoms with Gasteiger partial charge in [0.25, 0.3) is 15.9 Å². The molecule has 2 saturated carbocycles. The molecule has 2 N–H and O–H groups in total. The van der Waals surface area contributed by atoms with Crippen LogP contribution in [0.2, 0.25) is 5.02 Å². The number of nitrogens with one attached hydrogen (secondary N) is 2. The van der Waals surface area contributed by atoms with Crippen LogP contribution in [0.4, 0.5) is 5.69 Å². The van der Waals surface area contributed by atoms with E-state index in [0.717, 1.165) is 12.3 Å². The highest BCUT2D eigenvalue weighted by molar-refractivity contribution is 7.92. The normalized spacial score (nSPS) is 24.0. The molecule has 0 unspecified atom stereocenters. The predicted molar refractivity (Wildman–Crippen MR) is 105 cm³/mol. The number of sulfonamides is 1. The summed E-state index contributed by atoms with van der Waals surface area (Å²) in [5.74, 6) is 1.12. The van der Waals surface area contributed by atoms with E-state index in [0.29, 0.717) is 17.2 Å². The number of rotatable bonds is 5. The summed E-state index contributed by atoms with van der Waals surface area (Å²) in [7, 11) is -3.70. The van der Waals surface area contributed by atoms with E-state index in [1.54, 1.807) is 30.3 Å². The number of carbonyl (C=O) groups excluding carboxylic acids is 1. The molecule has 0 aliphatic heterocycles. The Bertz CT molecular complexity index is 962. The minimum absolute atomic E-state index is 0.166. The Morgan fingerprint density at radius 2 is 1.81 bits per heavy atom. The number of carbonyl (C=O) groups is 1. The predicted octanol–water partition coefficient (Wildman–Crippen LogP) is 4.06. The second-order valence-corrected chi connectivity index (χ2v) is 9.46. The molecule has 142 valence electrons. The standard InChI is InChI=1S/C20H21ClN2O3S/c21-18-12-15(23-27(25,26)16-4-2-1-3-5-16)8-9-17(18)20(24)22-19-11-13-6-7-14(19)10-13/h1-5,8-9,12-14,19,23H,6-7,10-11H2,(H,22,24)/t13-,14-,19-/m0/s1. The van der Waals surface area contributed by atoms with E-state index in [2.05, 4.69) is 10.0 Å². The summed E-state index contributed by atoms with van der Waals surface area (Å²) in [4.78, 5) is 12.7. The van der Waals surface area contributed by atoms with Crippen molar-refractivity contribution in [1.82, 2.24) is 5.32 Å². The average molecular weight is 405 g/mol. The summed E-state index contributed by atoms with van der Waals surface area (Å²) >= 11 is 6.27. The van der Waals surface area contributed by atoms with Gasteiger partial charge in [-0.25, -0.2) is 8.42 Å². The van der Waals surface area contributed by atoms with E-state index in [4.69, 9.17) is 11.6 Å². The third-order valence-corrected chi connectivity index (χ3v) is 7.28. The number of benzene rings is 2. The molecule has 27 heavy (non-hydrogen) atoms. The van der Waals surface area contributed by atoms with E-state index in [1.165, 1.54) is 37.5 Å². The molecule has 2 aliphatic carbocycles. The summed E-state index contributed by atoms with van der Waals surface area (Å²) < 4.78 is 27.3. The number of hydrogen-bond donors (Lipinski definition) is 2. The number of anilines is 1. The lowest BCUT2D eigenvalue weighted by Crippen LogP contribution is -2.38. The van der Waals surface area contributed by atoms with Crippen molar-refractivity contribution in [2.24, 2.45) is 11.8 Å². The van der Waals surface area contributed by atoms with E-state index in [9.17, 15) is 13.2 Å². The van der Waals surface area contributed by atoms with Crippen LogP contribution >= 0.6 is 11.6 Å². The first-order valence-electron chi connectivity index (χ1n) is 9.10. The maximum Gasteiger partial charge on any atom is 0.261 e. The maximum absolute atomic E-state index is 12.6. The molecule has 0 saturated heterocycles. The molecular weight excluding hydrogens is 384 g/mol. The Labute approximate surface area is 164 Å². The van der Waals surface area contributed by atoms with Crippen molar-refractivity contribution in [1.29, 1.82) is 0 Å². The SMILES string of the molecule is O=C(N[C@H]1C[C@H]2CC[C@H]1C2)c1ccc(NS(=O)(=O)c2ccccc2)cc1Cl. The molecule has 3 atom stereocenters. The van der Waals surface area contributed by atoms with Gasteiger partial charge < -0.3 is 5.32 Å². The molecule has 4 rings (SSSR count). The molecule has 2 bridgehead atoms. The topological polar surface area (TPSA) is 75.3 Å². The van der Waals surface area contributed by atoms with Gasteiger partial charge in [-0.15, -0.1) is 0 Å². The van der Waals surface area contributed by atoms with Gasteiger partial charge in [0.15, 0.2) is 0 Å². The van der Waals surface area contributed by atoms with Gasteiger partial charge in [-0.05, 0) is 61.4 Å². The van der Waals surface area contributed by atoms with Crippen molar-refractivity contribution in [2.45, 2.75) is 36.6 Å². The molecule has 2 aromatic rings. The Hall–Kier alpha value is -2.05. The highest BCUT2D eigenvalue weighted by Gasteiger charge is 2.40. The second-order valence-electron chi connectivity index (χ2n) is 7.37.